The second-order valence-electron chi connectivity index (χ2n) is 20.2. The van der Waals surface area contributed by atoms with Crippen LogP contribution in [0.4, 0.5) is 0 Å². The Morgan fingerprint density at radius 2 is 0.542 bits per heavy atom. The molecule has 6 nitrogen and oxygen atoms in total. The molecule has 0 aromatic heterocycles. The zero-order valence-electron chi connectivity index (χ0n) is 47.4. The van der Waals surface area contributed by atoms with Crippen molar-refractivity contribution in [2.75, 3.05) is 13.2 Å². The molecule has 0 radical (unpaired) electrons. The highest BCUT2D eigenvalue weighted by Gasteiger charge is 2.19. The summed E-state index contributed by atoms with van der Waals surface area (Å²) in [4.78, 5) is 38.3. The minimum Gasteiger partial charge on any atom is -0.462 e. The quantitative estimate of drug-likeness (QED) is 0.0261. The van der Waals surface area contributed by atoms with Crippen molar-refractivity contribution in [2.45, 2.75) is 303 Å². The van der Waals surface area contributed by atoms with E-state index in [0.29, 0.717) is 19.3 Å². The smallest absolute Gasteiger partial charge is 0.306 e. The van der Waals surface area contributed by atoms with E-state index >= 15 is 0 Å². The van der Waals surface area contributed by atoms with Gasteiger partial charge in [-0.1, -0.05) is 247 Å². The average Bonchev–Trinajstić information content (AvgIpc) is 3.38. The third-order valence-electron chi connectivity index (χ3n) is 13.1. The van der Waals surface area contributed by atoms with Gasteiger partial charge in [-0.3, -0.25) is 14.4 Å². The fourth-order valence-electron chi connectivity index (χ4n) is 8.52. The fourth-order valence-corrected chi connectivity index (χ4v) is 8.52. The Kier molecular flexibility index (Phi) is 57.3. The molecule has 0 aromatic rings. The van der Waals surface area contributed by atoms with Crippen LogP contribution < -0.4 is 0 Å². The summed E-state index contributed by atoms with van der Waals surface area (Å²) in [5.74, 6) is -0.907. The maximum absolute atomic E-state index is 12.9. The molecule has 0 aromatic carbocycles. The summed E-state index contributed by atoms with van der Waals surface area (Å²) in [6, 6.07) is 0. The van der Waals surface area contributed by atoms with Crippen LogP contribution in [0.25, 0.3) is 0 Å². The highest BCUT2D eigenvalue weighted by molar-refractivity contribution is 5.71. The molecule has 0 aliphatic carbocycles. The van der Waals surface area contributed by atoms with Crippen molar-refractivity contribution >= 4 is 17.9 Å². The molecule has 0 aliphatic heterocycles. The third kappa shape index (κ3) is 57.5. The number of allylic oxidation sites excluding steroid dienone is 14. The molecule has 0 heterocycles. The Bertz CT molecular complexity index is 1380. The van der Waals surface area contributed by atoms with Gasteiger partial charge in [-0.15, -0.1) is 0 Å². The average molecular weight is 1000 g/mol. The van der Waals surface area contributed by atoms with Crippen LogP contribution >= 0.6 is 0 Å². The predicted molar refractivity (Wildman–Crippen MR) is 311 cm³/mol. The highest BCUT2D eigenvalue weighted by atomic mass is 16.6. The molecule has 1 atom stereocenters. The van der Waals surface area contributed by atoms with Crippen LogP contribution in [0.1, 0.15) is 297 Å². The van der Waals surface area contributed by atoms with Crippen molar-refractivity contribution in [3.05, 3.63) is 85.1 Å². The van der Waals surface area contributed by atoms with Crippen molar-refractivity contribution in [3.63, 3.8) is 0 Å². The van der Waals surface area contributed by atoms with Gasteiger partial charge in [0.05, 0.1) is 0 Å². The SMILES string of the molecule is CC/C=C\C/C=C\C/C=C\C/C=C\C/C=C\CCCCCCCC(=O)OCC(COC(=O)CCCCCCC/C=C\CCCCCCC)OC(=O)CCCCCCCCCCC/C=C\CCCCCCCC. The second-order valence-corrected chi connectivity index (χ2v) is 20.2. The summed E-state index contributed by atoms with van der Waals surface area (Å²) in [5.41, 5.74) is 0. The Labute approximate surface area is 445 Å². The maximum Gasteiger partial charge on any atom is 0.306 e. The molecular weight excluding hydrogens is 889 g/mol. The minimum absolute atomic E-state index is 0.0871. The predicted octanol–water partition coefficient (Wildman–Crippen LogP) is 20.7. The lowest BCUT2D eigenvalue weighted by Crippen LogP contribution is -2.30. The molecule has 0 bridgehead atoms. The molecule has 0 spiro atoms. The monoisotopic (exact) mass is 1000 g/mol. The van der Waals surface area contributed by atoms with E-state index in [9.17, 15) is 14.4 Å². The van der Waals surface area contributed by atoms with Crippen LogP contribution in [0.5, 0.6) is 0 Å². The number of hydrogen-bond donors (Lipinski definition) is 0. The van der Waals surface area contributed by atoms with Gasteiger partial charge in [0, 0.05) is 19.3 Å². The normalized spacial score (nSPS) is 12.7. The molecule has 6 heteroatoms. The molecule has 0 saturated heterocycles. The van der Waals surface area contributed by atoms with Crippen LogP contribution in [-0.4, -0.2) is 37.2 Å². The summed E-state index contributed by atoms with van der Waals surface area (Å²) >= 11 is 0. The van der Waals surface area contributed by atoms with E-state index in [1.165, 1.54) is 141 Å². The first-order valence-electron chi connectivity index (χ1n) is 30.6. The summed E-state index contributed by atoms with van der Waals surface area (Å²) in [6.45, 7) is 6.51. The van der Waals surface area contributed by atoms with Crippen molar-refractivity contribution in [1.29, 1.82) is 0 Å². The molecule has 0 aliphatic rings. The van der Waals surface area contributed by atoms with E-state index in [1.807, 2.05) is 0 Å². The lowest BCUT2D eigenvalue weighted by atomic mass is 10.1. The number of unbranched alkanes of at least 4 members (excludes halogenated alkanes) is 30. The zero-order valence-corrected chi connectivity index (χ0v) is 47.4. The van der Waals surface area contributed by atoms with Crippen molar-refractivity contribution < 1.29 is 28.6 Å². The minimum atomic E-state index is -0.790. The molecule has 414 valence electrons. The standard InChI is InChI=1S/C66H114O6/c1-4-7-10-13-16-19-22-25-28-30-32-33-35-36-38-41-44-47-50-53-56-59-65(68)71-62-63(61-70-64(67)58-55-52-49-46-43-40-27-24-21-18-15-12-9-6-3)72-66(69)60-57-54-51-48-45-42-39-37-34-31-29-26-23-20-17-14-11-8-5-2/h7,10,16,19,24-29,32-33,36,38,63H,4-6,8-9,11-15,17-18,20-23,30-31,34-35,37,39-62H2,1-3H3/b10-7-,19-16-,27-24-,28-25-,29-26-,33-32-,38-36-. The van der Waals surface area contributed by atoms with Gasteiger partial charge in [0.15, 0.2) is 6.10 Å². The molecule has 0 amide bonds. The molecule has 0 rings (SSSR count). The molecule has 0 saturated carbocycles. The van der Waals surface area contributed by atoms with Crippen molar-refractivity contribution in [1.82, 2.24) is 0 Å². The van der Waals surface area contributed by atoms with E-state index in [4.69, 9.17) is 14.2 Å². The van der Waals surface area contributed by atoms with E-state index in [1.54, 1.807) is 0 Å². The van der Waals surface area contributed by atoms with Gasteiger partial charge in [-0.25, -0.2) is 0 Å². The molecule has 1 unspecified atom stereocenters. The van der Waals surface area contributed by atoms with Gasteiger partial charge < -0.3 is 14.2 Å². The Morgan fingerprint density at radius 3 is 0.861 bits per heavy atom. The summed E-state index contributed by atoms with van der Waals surface area (Å²) in [5, 5.41) is 0. The molecule has 72 heavy (non-hydrogen) atoms. The van der Waals surface area contributed by atoms with Gasteiger partial charge in [-0.05, 0) is 116 Å². The van der Waals surface area contributed by atoms with E-state index in [0.717, 1.165) is 116 Å². The van der Waals surface area contributed by atoms with Gasteiger partial charge in [-0.2, -0.15) is 0 Å². The first-order valence-corrected chi connectivity index (χ1v) is 30.6. The molecule has 0 fully saturated rings. The molecule has 0 N–H and O–H groups in total. The van der Waals surface area contributed by atoms with Crippen LogP contribution in [0.3, 0.4) is 0 Å². The second kappa shape index (κ2) is 60.1. The molecular formula is C66H114O6. The number of carbonyl (C=O) groups excluding carboxylic acids is 3. The Morgan fingerprint density at radius 1 is 0.292 bits per heavy atom. The number of rotatable bonds is 55. The van der Waals surface area contributed by atoms with Crippen LogP contribution in [0.2, 0.25) is 0 Å². The Hall–Kier alpha value is -3.41. The van der Waals surface area contributed by atoms with Crippen LogP contribution in [0, 0.1) is 0 Å². The van der Waals surface area contributed by atoms with Gasteiger partial charge >= 0.3 is 17.9 Å². The van der Waals surface area contributed by atoms with Gasteiger partial charge in [0.25, 0.3) is 0 Å². The number of ether oxygens (including phenoxy) is 3. The summed E-state index contributed by atoms with van der Waals surface area (Å²) in [6.07, 6.45) is 78.6. The van der Waals surface area contributed by atoms with Crippen LogP contribution in [0.15, 0.2) is 85.1 Å². The highest BCUT2D eigenvalue weighted by Crippen LogP contribution is 2.15. The first-order chi connectivity index (χ1) is 35.5. The fraction of sp³-hybridized carbons (Fsp3) is 0.742. The topological polar surface area (TPSA) is 78.9 Å². The van der Waals surface area contributed by atoms with Gasteiger partial charge in [0.1, 0.15) is 13.2 Å². The van der Waals surface area contributed by atoms with Crippen molar-refractivity contribution in [2.24, 2.45) is 0 Å². The summed E-state index contributed by atoms with van der Waals surface area (Å²) < 4.78 is 16.9. The van der Waals surface area contributed by atoms with Crippen LogP contribution in [-0.2, 0) is 28.6 Å². The Balaban J connectivity index is 4.41. The summed E-state index contributed by atoms with van der Waals surface area (Å²) in [7, 11) is 0. The number of hydrogen-bond acceptors (Lipinski definition) is 6. The third-order valence-corrected chi connectivity index (χ3v) is 13.1. The van der Waals surface area contributed by atoms with Gasteiger partial charge in [0.2, 0.25) is 0 Å². The number of esters is 3. The van der Waals surface area contributed by atoms with E-state index in [-0.39, 0.29) is 31.1 Å². The lowest BCUT2D eigenvalue weighted by Gasteiger charge is -2.18. The zero-order chi connectivity index (χ0) is 52.2. The van der Waals surface area contributed by atoms with E-state index in [2.05, 4.69) is 106 Å². The largest absolute Gasteiger partial charge is 0.462 e. The number of carbonyl (C=O) groups is 3. The van der Waals surface area contributed by atoms with Crippen molar-refractivity contribution in [3.8, 4) is 0 Å². The first kappa shape index (κ1) is 68.6. The van der Waals surface area contributed by atoms with E-state index < -0.39 is 6.10 Å². The maximum atomic E-state index is 12.9. The lowest BCUT2D eigenvalue weighted by molar-refractivity contribution is -0.167.